The Labute approximate surface area is 144 Å². The number of rotatable bonds is 7. The highest BCUT2D eigenvalue weighted by Crippen LogP contribution is 2.15. The second-order valence-corrected chi connectivity index (χ2v) is 8.12. The van der Waals surface area contributed by atoms with Gasteiger partial charge in [-0.25, -0.2) is 8.42 Å². The van der Waals surface area contributed by atoms with Crippen molar-refractivity contribution in [1.29, 1.82) is 0 Å². The van der Waals surface area contributed by atoms with E-state index in [0.717, 1.165) is 43.7 Å². The minimum atomic E-state index is -3.37. The predicted molar refractivity (Wildman–Crippen MR) is 93.3 cm³/mol. The average Bonchev–Trinajstić information content (AvgIpc) is 2.58. The zero-order valence-electron chi connectivity index (χ0n) is 14.4. The number of piperidine rings is 1. The van der Waals surface area contributed by atoms with Gasteiger partial charge in [0.2, 0.25) is 15.9 Å². The number of hydrogen-bond acceptors (Lipinski definition) is 4. The molecule has 1 aromatic carbocycles. The number of amides is 1. The molecule has 1 fully saturated rings. The fraction of sp³-hybridized carbons (Fsp3) is 0.588. The summed E-state index contributed by atoms with van der Waals surface area (Å²) in [5, 5.41) is 0. The van der Waals surface area contributed by atoms with Crippen LogP contribution in [0.4, 0.5) is 0 Å². The van der Waals surface area contributed by atoms with Crippen LogP contribution in [-0.2, 0) is 21.4 Å². The highest BCUT2D eigenvalue weighted by molar-refractivity contribution is 7.88. The maximum atomic E-state index is 12.3. The van der Waals surface area contributed by atoms with Crippen molar-refractivity contribution in [3.8, 4) is 5.75 Å². The SMILES string of the molecule is COc1ccc(CN(CCC(=O)N2CCCCC2)S(C)(=O)=O)cc1. The molecule has 0 unspecified atom stereocenters. The van der Waals surface area contributed by atoms with E-state index < -0.39 is 10.0 Å². The monoisotopic (exact) mass is 354 g/mol. The molecule has 1 heterocycles. The summed E-state index contributed by atoms with van der Waals surface area (Å²) in [6, 6.07) is 7.27. The first kappa shape index (κ1) is 18.7. The van der Waals surface area contributed by atoms with Gasteiger partial charge < -0.3 is 9.64 Å². The molecule has 1 aliphatic heterocycles. The number of likely N-dealkylation sites (tertiary alicyclic amines) is 1. The van der Waals surface area contributed by atoms with Crippen LogP contribution in [0.15, 0.2) is 24.3 Å². The van der Waals surface area contributed by atoms with Gasteiger partial charge in [-0.05, 0) is 37.0 Å². The Balaban J connectivity index is 1.96. The Morgan fingerprint density at radius 1 is 1.17 bits per heavy atom. The van der Waals surface area contributed by atoms with E-state index >= 15 is 0 Å². The lowest BCUT2D eigenvalue weighted by Crippen LogP contribution is -2.38. The number of ether oxygens (including phenoxy) is 1. The van der Waals surface area contributed by atoms with Crippen molar-refractivity contribution >= 4 is 15.9 Å². The van der Waals surface area contributed by atoms with Crippen LogP contribution in [0, 0.1) is 0 Å². The molecule has 0 aromatic heterocycles. The minimum absolute atomic E-state index is 0.0399. The molecule has 0 spiro atoms. The van der Waals surface area contributed by atoms with Crippen LogP contribution in [0.3, 0.4) is 0 Å². The molecule has 2 rings (SSSR count). The topological polar surface area (TPSA) is 66.9 Å². The largest absolute Gasteiger partial charge is 0.497 e. The second-order valence-electron chi connectivity index (χ2n) is 6.14. The van der Waals surface area contributed by atoms with E-state index in [1.54, 1.807) is 19.2 Å². The lowest BCUT2D eigenvalue weighted by atomic mass is 10.1. The fourth-order valence-corrected chi connectivity index (χ4v) is 3.62. The highest BCUT2D eigenvalue weighted by atomic mass is 32.2. The van der Waals surface area contributed by atoms with Gasteiger partial charge in [-0.2, -0.15) is 4.31 Å². The van der Waals surface area contributed by atoms with E-state index in [4.69, 9.17) is 4.74 Å². The summed E-state index contributed by atoms with van der Waals surface area (Å²) >= 11 is 0. The van der Waals surface area contributed by atoms with Crippen molar-refractivity contribution in [2.24, 2.45) is 0 Å². The average molecular weight is 354 g/mol. The van der Waals surface area contributed by atoms with Gasteiger partial charge in [-0.3, -0.25) is 4.79 Å². The molecule has 0 N–H and O–H groups in total. The summed E-state index contributed by atoms with van der Waals surface area (Å²) in [6.45, 7) is 2.04. The predicted octanol–water partition coefficient (Wildman–Crippen LogP) is 1.86. The van der Waals surface area contributed by atoms with Gasteiger partial charge in [0.1, 0.15) is 5.75 Å². The van der Waals surface area contributed by atoms with Crippen LogP contribution >= 0.6 is 0 Å². The Kier molecular flexibility index (Phi) is 6.62. The van der Waals surface area contributed by atoms with Crippen LogP contribution in [0.2, 0.25) is 0 Å². The van der Waals surface area contributed by atoms with Gasteiger partial charge in [0.25, 0.3) is 0 Å². The fourth-order valence-electron chi connectivity index (χ4n) is 2.82. The first-order valence-electron chi connectivity index (χ1n) is 8.26. The molecule has 7 heteroatoms. The number of carbonyl (C=O) groups excluding carboxylic acids is 1. The first-order chi connectivity index (χ1) is 11.4. The summed E-state index contributed by atoms with van der Waals surface area (Å²) < 4.78 is 30.5. The molecule has 0 aliphatic carbocycles. The molecule has 6 nitrogen and oxygen atoms in total. The Bertz CT molecular complexity index is 637. The standard InChI is InChI=1S/C17H26N2O4S/c1-23-16-8-6-15(7-9-16)14-19(24(2,21)22)13-10-17(20)18-11-4-3-5-12-18/h6-9H,3-5,10-14H2,1-2H3. The molecule has 134 valence electrons. The van der Waals surface area contributed by atoms with Gasteiger partial charge in [0.15, 0.2) is 0 Å². The molecule has 24 heavy (non-hydrogen) atoms. The maximum absolute atomic E-state index is 12.3. The van der Waals surface area contributed by atoms with E-state index in [0.29, 0.717) is 0 Å². The summed E-state index contributed by atoms with van der Waals surface area (Å²) in [4.78, 5) is 14.1. The van der Waals surface area contributed by atoms with E-state index in [1.165, 1.54) is 10.6 Å². The first-order valence-corrected chi connectivity index (χ1v) is 10.1. The number of nitrogens with zero attached hydrogens (tertiary/aromatic N) is 2. The molecular weight excluding hydrogens is 328 g/mol. The molecule has 0 bridgehead atoms. The zero-order valence-corrected chi connectivity index (χ0v) is 15.2. The maximum Gasteiger partial charge on any atom is 0.223 e. The molecule has 1 saturated heterocycles. The van der Waals surface area contributed by atoms with Gasteiger partial charge in [-0.15, -0.1) is 0 Å². The Morgan fingerprint density at radius 3 is 2.33 bits per heavy atom. The van der Waals surface area contributed by atoms with Crippen molar-refractivity contribution in [3.63, 3.8) is 0 Å². The summed E-state index contributed by atoms with van der Waals surface area (Å²) in [6.07, 6.45) is 4.64. The molecule has 0 atom stereocenters. The molecule has 0 radical (unpaired) electrons. The lowest BCUT2D eigenvalue weighted by Gasteiger charge is -2.28. The Hall–Kier alpha value is -1.60. The minimum Gasteiger partial charge on any atom is -0.497 e. The van der Waals surface area contributed by atoms with Crippen molar-refractivity contribution in [2.45, 2.75) is 32.2 Å². The molecular formula is C17H26N2O4S. The molecule has 1 amide bonds. The van der Waals surface area contributed by atoms with Crippen molar-refractivity contribution in [1.82, 2.24) is 9.21 Å². The van der Waals surface area contributed by atoms with Crippen LogP contribution < -0.4 is 4.74 Å². The van der Waals surface area contributed by atoms with E-state index in [2.05, 4.69) is 0 Å². The third-order valence-electron chi connectivity index (χ3n) is 4.27. The van der Waals surface area contributed by atoms with Crippen molar-refractivity contribution < 1.29 is 17.9 Å². The van der Waals surface area contributed by atoms with E-state index in [-0.39, 0.29) is 25.4 Å². The third kappa shape index (κ3) is 5.49. The lowest BCUT2D eigenvalue weighted by molar-refractivity contribution is -0.132. The summed E-state index contributed by atoms with van der Waals surface area (Å²) in [5.74, 6) is 0.767. The number of carbonyl (C=O) groups is 1. The molecule has 1 aromatic rings. The van der Waals surface area contributed by atoms with Gasteiger partial charge in [-0.1, -0.05) is 12.1 Å². The smallest absolute Gasteiger partial charge is 0.223 e. The van der Waals surface area contributed by atoms with Crippen LogP contribution in [-0.4, -0.2) is 56.5 Å². The summed E-state index contributed by atoms with van der Waals surface area (Å²) in [7, 11) is -1.79. The van der Waals surface area contributed by atoms with Crippen molar-refractivity contribution in [3.05, 3.63) is 29.8 Å². The van der Waals surface area contributed by atoms with Gasteiger partial charge in [0, 0.05) is 32.6 Å². The molecule has 1 aliphatic rings. The number of sulfonamides is 1. The van der Waals surface area contributed by atoms with Crippen LogP contribution in [0.25, 0.3) is 0 Å². The van der Waals surface area contributed by atoms with Crippen LogP contribution in [0.1, 0.15) is 31.2 Å². The number of hydrogen-bond donors (Lipinski definition) is 0. The normalized spacial score (nSPS) is 15.5. The number of benzene rings is 1. The van der Waals surface area contributed by atoms with E-state index in [1.807, 2.05) is 17.0 Å². The third-order valence-corrected chi connectivity index (χ3v) is 5.52. The van der Waals surface area contributed by atoms with Gasteiger partial charge in [0.05, 0.1) is 13.4 Å². The Morgan fingerprint density at radius 2 is 1.79 bits per heavy atom. The highest BCUT2D eigenvalue weighted by Gasteiger charge is 2.21. The number of methoxy groups -OCH3 is 1. The van der Waals surface area contributed by atoms with E-state index in [9.17, 15) is 13.2 Å². The molecule has 0 saturated carbocycles. The quantitative estimate of drug-likeness (QED) is 0.750. The summed E-state index contributed by atoms with van der Waals surface area (Å²) in [5.41, 5.74) is 0.867. The zero-order chi connectivity index (χ0) is 17.6. The van der Waals surface area contributed by atoms with Crippen LogP contribution in [0.5, 0.6) is 5.75 Å². The van der Waals surface area contributed by atoms with Gasteiger partial charge >= 0.3 is 0 Å². The van der Waals surface area contributed by atoms with Crippen molar-refractivity contribution in [2.75, 3.05) is 33.0 Å². The second kappa shape index (κ2) is 8.48.